The van der Waals surface area contributed by atoms with Crippen molar-refractivity contribution in [2.45, 2.75) is 51.1 Å². The second kappa shape index (κ2) is 7.13. The van der Waals surface area contributed by atoms with Crippen LogP contribution in [0.4, 0.5) is 5.69 Å². The zero-order chi connectivity index (χ0) is 21.0. The fraction of sp³-hybridized carbons (Fsp3) is 0.348. The van der Waals surface area contributed by atoms with E-state index in [4.69, 9.17) is 11.6 Å². The molecule has 2 aromatic carbocycles. The SMILES string of the molecule is CC(NC(=O)c1ccc2c(c1)C(C)C(=O)N2C1CCC1)c1nc2ccc(Cl)cc2[nH]1. The van der Waals surface area contributed by atoms with Crippen LogP contribution in [0.1, 0.15) is 66.8 Å². The van der Waals surface area contributed by atoms with Crippen molar-refractivity contribution in [2.75, 3.05) is 4.90 Å². The number of imidazole rings is 1. The smallest absolute Gasteiger partial charge is 0.251 e. The second-order valence-electron chi connectivity index (χ2n) is 8.27. The monoisotopic (exact) mass is 422 g/mol. The van der Waals surface area contributed by atoms with Crippen molar-refractivity contribution in [1.82, 2.24) is 15.3 Å². The molecule has 6 nitrogen and oxygen atoms in total. The van der Waals surface area contributed by atoms with Gasteiger partial charge in [-0.15, -0.1) is 0 Å². The van der Waals surface area contributed by atoms with Crippen LogP contribution < -0.4 is 10.2 Å². The van der Waals surface area contributed by atoms with Gasteiger partial charge in [-0.2, -0.15) is 0 Å². The summed E-state index contributed by atoms with van der Waals surface area (Å²) in [6.45, 7) is 3.80. The van der Waals surface area contributed by atoms with E-state index in [-0.39, 0.29) is 23.8 Å². The summed E-state index contributed by atoms with van der Waals surface area (Å²) < 4.78 is 0. The molecule has 1 aliphatic heterocycles. The molecule has 1 fully saturated rings. The van der Waals surface area contributed by atoms with Gasteiger partial charge >= 0.3 is 0 Å². The van der Waals surface area contributed by atoms with Crippen LogP contribution in [-0.4, -0.2) is 27.8 Å². The minimum atomic E-state index is -0.303. The third kappa shape index (κ3) is 3.06. The number of rotatable bonds is 4. The summed E-state index contributed by atoms with van der Waals surface area (Å²) in [4.78, 5) is 35.3. The van der Waals surface area contributed by atoms with Crippen molar-refractivity contribution in [3.63, 3.8) is 0 Å². The first-order chi connectivity index (χ1) is 14.4. The van der Waals surface area contributed by atoms with Crippen LogP contribution in [0.3, 0.4) is 0 Å². The number of nitrogens with zero attached hydrogens (tertiary/aromatic N) is 2. The summed E-state index contributed by atoms with van der Waals surface area (Å²) in [6, 6.07) is 11.0. The Morgan fingerprint density at radius 2 is 2.07 bits per heavy atom. The molecule has 2 atom stereocenters. The number of amides is 2. The van der Waals surface area contributed by atoms with Crippen LogP contribution in [-0.2, 0) is 4.79 Å². The van der Waals surface area contributed by atoms with Crippen LogP contribution >= 0.6 is 11.6 Å². The summed E-state index contributed by atoms with van der Waals surface area (Å²) in [7, 11) is 0. The van der Waals surface area contributed by atoms with E-state index in [1.54, 1.807) is 12.1 Å². The Morgan fingerprint density at radius 3 is 2.80 bits per heavy atom. The Labute approximate surface area is 179 Å². The van der Waals surface area contributed by atoms with Gasteiger partial charge in [-0.3, -0.25) is 9.59 Å². The number of benzene rings is 2. The number of carbonyl (C=O) groups excluding carboxylic acids is 2. The molecule has 0 radical (unpaired) electrons. The van der Waals surface area contributed by atoms with Crippen molar-refractivity contribution < 1.29 is 9.59 Å². The molecule has 5 rings (SSSR count). The van der Waals surface area contributed by atoms with Crippen molar-refractivity contribution in [3.8, 4) is 0 Å². The first kappa shape index (κ1) is 19.1. The van der Waals surface area contributed by atoms with Crippen LogP contribution in [0.2, 0.25) is 5.02 Å². The van der Waals surface area contributed by atoms with E-state index in [0.717, 1.165) is 35.1 Å². The van der Waals surface area contributed by atoms with Crippen LogP contribution in [0, 0.1) is 0 Å². The molecule has 2 heterocycles. The lowest BCUT2D eigenvalue weighted by molar-refractivity contribution is -0.119. The van der Waals surface area contributed by atoms with E-state index in [9.17, 15) is 9.59 Å². The Balaban J connectivity index is 1.37. The maximum absolute atomic E-state index is 12.9. The Bertz CT molecular complexity index is 1170. The highest BCUT2D eigenvalue weighted by Gasteiger charge is 2.40. The van der Waals surface area contributed by atoms with E-state index in [2.05, 4.69) is 15.3 Å². The lowest BCUT2D eigenvalue weighted by atomic mass is 9.91. The molecule has 7 heteroatoms. The summed E-state index contributed by atoms with van der Waals surface area (Å²) in [6.07, 6.45) is 3.28. The first-order valence-electron chi connectivity index (χ1n) is 10.4. The topological polar surface area (TPSA) is 78.1 Å². The highest BCUT2D eigenvalue weighted by molar-refractivity contribution is 6.31. The Hall–Kier alpha value is -2.86. The molecule has 0 spiro atoms. The third-order valence-electron chi connectivity index (χ3n) is 6.28. The van der Waals surface area contributed by atoms with Crippen molar-refractivity contribution in [3.05, 3.63) is 58.4 Å². The normalized spacial score (nSPS) is 19.6. The molecule has 1 aliphatic carbocycles. The molecular formula is C23H23ClN4O2. The van der Waals surface area contributed by atoms with Crippen LogP contribution in [0.15, 0.2) is 36.4 Å². The number of nitrogens with one attached hydrogen (secondary N) is 2. The lowest BCUT2D eigenvalue weighted by Gasteiger charge is -2.35. The van der Waals surface area contributed by atoms with Gasteiger partial charge in [0, 0.05) is 22.3 Å². The summed E-state index contributed by atoms with van der Waals surface area (Å²) in [5.41, 5.74) is 4.08. The van der Waals surface area contributed by atoms with Gasteiger partial charge in [-0.25, -0.2) is 4.98 Å². The van der Waals surface area contributed by atoms with Gasteiger partial charge in [0.1, 0.15) is 5.82 Å². The molecule has 1 aromatic heterocycles. The van der Waals surface area contributed by atoms with Crippen LogP contribution in [0.5, 0.6) is 0 Å². The average molecular weight is 423 g/mol. The van der Waals surface area contributed by atoms with Gasteiger partial charge < -0.3 is 15.2 Å². The number of hydrogen-bond donors (Lipinski definition) is 2. The zero-order valence-corrected chi connectivity index (χ0v) is 17.7. The highest BCUT2D eigenvalue weighted by atomic mass is 35.5. The maximum Gasteiger partial charge on any atom is 0.251 e. The lowest BCUT2D eigenvalue weighted by Crippen LogP contribution is -2.42. The largest absolute Gasteiger partial charge is 0.342 e. The number of fused-ring (bicyclic) bond motifs is 2. The second-order valence-corrected chi connectivity index (χ2v) is 8.70. The zero-order valence-electron chi connectivity index (χ0n) is 16.9. The molecule has 2 N–H and O–H groups in total. The predicted octanol–water partition coefficient (Wildman–Crippen LogP) is 4.71. The predicted molar refractivity (Wildman–Crippen MR) is 117 cm³/mol. The van der Waals surface area contributed by atoms with Crippen LogP contribution in [0.25, 0.3) is 11.0 Å². The molecule has 2 amide bonds. The molecule has 0 bridgehead atoms. The van der Waals surface area contributed by atoms with Gasteiger partial charge in [0.05, 0.1) is 23.0 Å². The third-order valence-corrected chi connectivity index (χ3v) is 6.52. The van der Waals surface area contributed by atoms with Gasteiger partial charge in [0.15, 0.2) is 0 Å². The molecular weight excluding hydrogens is 400 g/mol. The van der Waals surface area contributed by atoms with E-state index >= 15 is 0 Å². The molecule has 30 heavy (non-hydrogen) atoms. The summed E-state index contributed by atoms with van der Waals surface area (Å²) in [5.74, 6) is 0.402. The molecule has 3 aromatic rings. The number of aromatic amines is 1. The van der Waals surface area contributed by atoms with E-state index in [0.29, 0.717) is 22.5 Å². The quantitative estimate of drug-likeness (QED) is 0.639. The summed E-state index contributed by atoms with van der Waals surface area (Å²) in [5, 5.41) is 3.63. The Kier molecular flexibility index (Phi) is 4.54. The average Bonchev–Trinajstić information content (AvgIpc) is 3.21. The van der Waals surface area contributed by atoms with Crippen molar-refractivity contribution in [2.24, 2.45) is 0 Å². The Morgan fingerprint density at radius 1 is 1.27 bits per heavy atom. The molecule has 154 valence electrons. The van der Waals surface area contributed by atoms with E-state index < -0.39 is 0 Å². The minimum absolute atomic E-state index is 0.140. The standard InChI is InChI=1S/C23H23ClN4O2/c1-12-17-10-14(6-9-20(17)28(23(12)30)16-4-3-5-16)22(29)25-13(2)21-26-18-8-7-15(24)11-19(18)27-21/h6-13,16H,3-5H2,1-2H3,(H,25,29)(H,26,27). The number of anilines is 1. The number of aromatic nitrogens is 2. The molecule has 0 saturated heterocycles. The van der Waals surface area contributed by atoms with Gasteiger partial charge in [-0.1, -0.05) is 11.6 Å². The van der Waals surface area contributed by atoms with Crippen molar-refractivity contribution in [1.29, 1.82) is 0 Å². The fourth-order valence-electron chi connectivity index (χ4n) is 4.30. The molecule has 2 unspecified atom stereocenters. The van der Waals surface area contributed by atoms with Gasteiger partial charge in [0.25, 0.3) is 5.91 Å². The number of hydrogen-bond acceptors (Lipinski definition) is 3. The minimum Gasteiger partial charge on any atom is -0.342 e. The number of carbonyl (C=O) groups is 2. The van der Waals surface area contributed by atoms with Gasteiger partial charge in [0.2, 0.25) is 5.91 Å². The molecule has 1 saturated carbocycles. The number of halogens is 1. The first-order valence-corrected chi connectivity index (χ1v) is 10.7. The maximum atomic E-state index is 12.9. The van der Waals surface area contributed by atoms with Gasteiger partial charge in [-0.05, 0) is 75.1 Å². The molecule has 2 aliphatic rings. The highest BCUT2D eigenvalue weighted by Crippen LogP contribution is 2.42. The van der Waals surface area contributed by atoms with E-state index in [1.807, 2.05) is 43.0 Å². The number of H-pyrrole nitrogens is 1. The fourth-order valence-corrected chi connectivity index (χ4v) is 4.47. The van der Waals surface area contributed by atoms with E-state index in [1.165, 1.54) is 6.42 Å². The van der Waals surface area contributed by atoms with Crippen molar-refractivity contribution >= 4 is 40.1 Å². The summed E-state index contributed by atoms with van der Waals surface area (Å²) >= 11 is 6.04.